The van der Waals surface area contributed by atoms with Gasteiger partial charge >= 0.3 is 24.0 Å². The van der Waals surface area contributed by atoms with Crippen molar-refractivity contribution in [2.24, 2.45) is 16.7 Å². The summed E-state index contributed by atoms with van der Waals surface area (Å²) in [5.41, 5.74) is -5.66. The van der Waals surface area contributed by atoms with Crippen LogP contribution in [0.2, 0.25) is 34.8 Å². The van der Waals surface area contributed by atoms with Crippen molar-refractivity contribution in [1.29, 1.82) is 0 Å². The maximum absolute atomic E-state index is 15.9. The smallest absolute Gasteiger partial charge is 0.408 e. The normalized spacial score (nSPS) is 31.4. The quantitative estimate of drug-likeness (QED) is 0.0618. The van der Waals surface area contributed by atoms with Gasteiger partial charge in [-0.3, -0.25) is 4.79 Å². The third-order valence-corrected chi connectivity index (χ3v) is 29.3. The molecule has 2 N–H and O–H groups in total. The molecule has 1 aromatic carbocycles. The fourth-order valence-electron chi connectivity index (χ4n) is 14.6. The lowest BCUT2D eigenvalue weighted by Crippen LogP contribution is -2.82. The summed E-state index contributed by atoms with van der Waals surface area (Å²) in [6, 6.07) is 13.1. The van der Waals surface area contributed by atoms with Gasteiger partial charge in [0, 0.05) is 30.6 Å². The molecule has 0 radical (unpaired) electrons. The van der Waals surface area contributed by atoms with Gasteiger partial charge in [-0.1, -0.05) is 101 Å². The molecule has 18 heteroatoms. The highest BCUT2D eigenvalue weighted by molar-refractivity contribution is 6.77. The van der Waals surface area contributed by atoms with E-state index in [4.69, 9.17) is 46.4 Å². The van der Waals surface area contributed by atoms with Gasteiger partial charge in [-0.05, 0) is 112 Å². The number of rotatable bonds is 18. The van der Waals surface area contributed by atoms with E-state index in [1.165, 1.54) is 13.2 Å². The Labute approximate surface area is 459 Å². The first kappa shape index (κ1) is 60.7. The van der Waals surface area contributed by atoms with E-state index in [1.54, 1.807) is 63.2 Å². The highest BCUT2D eigenvalue weighted by atomic mass is 28.4. The molecule has 430 valence electrons. The summed E-state index contributed by atoms with van der Waals surface area (Å²) in [7, 11) is -5.52. The number of carbonyl (C=O) groups is 4. The average molecular weight is 1110 g/mol. The molecule has 16 nitrogen and oxygen atoms in total. The Kier molecular flexibility index (Phi) is 17.3. The number of fused-ring (bicyclic) bond motifs is 8. The number of esters is 3. The van der Waals surface area contributed by atoms with E-state index < -0.39 is 129 Å². The molecule has 2 aliphatic heterocycles. The first-order chi connectivity index (χ1) is 35.7. The number of aliphatic hydroxyl groups is 1. The number of ether oxygens (including phenoxy) is 7. The van der Waals surface area contributed by atoms with E-state index >= 15 is 9.59 Å². The maximum Gasteiger partial charge on any atom is 0.408 e. The molecule has 2 aromatic rings. The van der Waals surface area contributed by atoms with Crippen LogP contribution in [0.25, 0.3) is 0 Å². The molecule has 2 saturated heterocycles. The molecule has 3 aliphatic carbocycles. The Balaban J connectivity index is 1.50. The number of hydrogen-bond acceptors (Lipinski definition) is 15. The molecular weight excluding hydrogens is 1020 g/mol. The third kappa shape index (κ3) is 10.7. The van der Waals surface area contributed by atoms with E-state index in [2.05, 4.69) is 74.6 Å². The fourth-order valence-corrected chi connectivity index (χ4v) is 23.1. The lowest BCUT2D eigenvalue weighted by atomic mass is 9.44. The second kappa shape index (κ2) is 21.9. The number of hydrogen-bond donors (Lipinski definition) is 2. The van der Waals surface area contributed by atoms with Crippen LogP contribution in [0.4, 0.5) is 4.79 Å². The lowest BCUT2D eigenvalue weighted by Gasteiger charge is -2.69. The zero-order valence-corrected chi connectivity index (χ0v) is 51.5. The number of alkyl carbamates (subject to hydrolysis) is 1. The van der Waals surface area contributed by atoms with E-state index in [9.17, 15) is 14.7 Å². The Morgan fingerprint density at radius 1 is 0.857 bits per heavy atom. The Hall–Kier alpha value is -3.89. The first-order valence-corrected chi connectivity index (χ1v) is 32.9. The van der Waals surface area contributed by atoms with Crippen molar-refractivity contribution in [1.82, 2.24) is 5.32 Å². The zero-order valence-electron chi connectivity index (χ0n) is 49.5. The van der Waals surface area contributed by atoms with E-state index in [1.807, 2.05) is 34.6 Å². The average Bonchev–Trinajstić information content (AvgIpc) is 4.06. The maximum atomic E-state index is 15.9. The van der Waals surface area contributed by atoms with Crippen LogP contribution in [0.3, 0.4) is 0 Å². The van der Waals surface area contributed by atoms with Crippen molar-refractivity contribution < 1.29 is 70.7 Å². The molecule has 2 saturated carbocycles. The third-order valence-electron chi connectivity index (χ3n) is 18.6. The van der Waals surface area contributed by atoms with Crippen molar-refractivity contribution in [2.45, 2.75) is 251 Å². The second-order valence-corrected chi connectivity index (χ2v) is 35.8. The van der Waals surface area contributed by atoms with Gasteiger partial charge in [0.15, 0.2) is 25.8 Å². The molecule has 5 aliphatic rings. The van der Waals surface area contributed by atoms with E-state index in [0.29, 0.717) is 17.6 Å². The van der Waals surface area contributed by atoms with Gasteiger partial charge in [0.05, 0.1) is 36.6 Å². The minimum atomic E-state index is -3.02. The number of amides is 1. The number of carbonyl (C=O) groups excluding carboxylic acids is 4. The van der Waals surface area contributed by atoms with Crippen LogP contribution in [-0.4, -0.2) is 118 Å². The topological polar surface area (TPSA) is 197 Å². The van der Waals surface area contributed by atoms with E-state index in [0.717, 1.165) is 18.1 Å². The van der Waals surface area contributed by atoms with Crippen LogP contribution in [0, 0.1) is 16.7 Å². The van der Waals surface area contributed by atoms with Crippen LogP contribution in [0.15, 0.2) is 64.3 Å². The molecule has 77 heavy (non-hydrogen) atoms. The first-order valence-electron chi connectivity index (χ1n) is 28.2. The van der Waals surface area contributed by atoms with Gasteiger partial charge in [-0.15, -0.1) is 0 Å². The summed E-state index contributed by atoms with van der Waals surface area (Å²) in [5, 5.41) is 17.6. The van der Waals surface area contributed by atoms with Gasteiger partial charge in [-0.25, -0.2) is 14.4 Å². The van der Waals surface area contributed by atoms with Gasteiger partial charge in [0.1, 0.15) is 47.4 Å². The number of furan rings is 1. The summed E-state index contributed by atoms with van der Waals surface area (Å²) < 4.78 is 68.4. The van der Waals surface area contributed by atoms with Gasteiger partial charge in [0.25, 0.3) is 0 Å². The summed E-state index contributed by atoms with van der Waals surface area (Å²) in [5.74, 6) is -4.19. The largest absolute Gasteiger partial charge is 0.467 e. The van der Waals surface area contributed by atoms with Gasteiger partial charge in [-0.2, -0.15) is 0 Å². The Morgan fingerprint density at radius 2 is 1.47 bits per heavy atom. The predicted molar refractivity (Wildman–Crippen MR) is 295 cm³/mol. The van der Waals surface area contributed by atoms with Crippen molar-refractivity contribution in [3.05, 3.63) is 71.2 Å². The Bertz CT molecular complexity index is 2450. The predicted octanol–water partition coefficient (Wildman–Crippen LogP) is 11.7. The van der Waals surface area contributed by atoms with Gasteiger partial charge < -0.3 is 56.9 Å². The summed E-state index contributed by atoms with van der Waals surface area (Å²) >= 11 is 0. The number of nitrogens with one attached hydrogen (secondary N) is 1. The molecule has 0 spiro atoms. The van der Waals surface area contributed by atoms with E-state index in [-0.39, 0.29) is 41.0 Å². The molecule has 12 atom stereocenters. The standard InChI is InChI=1S/C59H91NO15Si2/c1-20-76(21-2,22-3)74-42-31-43-58(33-67-43,70-38(11)61)48-50(69-51(62)39-27-24-23-25-28-39)59(65)32-41(37(10)44(55(59,15)16)46-49(57(42,48)19)72-56(17,18)71-46)68-52(63)47(75-77(34(4)5,35(6)7)36(8)9)45(40-29-26-30-66-40)60-53(64)73-54(12,13)14/h23-30,34-36,41-43,45-50,65H,20-22,31-33H2,1-19H3,(H,60,64)/t41-,42-,43+,45-,46+,47+,48-,49+,50-,57+,58-,59+/m0/s1. The molecule has 2 bridgehead atoms. The highest BCUT2D eigenvalue weighted by Crippen LogP contribution is 2.68. The van der Waals surface area contributed by atoms with Gasteiger partial charge in [0.2, 0.25) is 8.32 Å². The molecule has 7 rings (SSSR count). The second-order valence-electron chi connectivity index (χ2n) is 25.7. The van der Waals surface area contributed by atoms with Crippen LogP contribution in [0.1, 0.15) is 167 Å². The summed E-state index contributed by atoms with van der Waals surface area (Å²) in [6.07, 6.45) is -6.69. The van der Waals surface area contributed by atoms with Crippen LogP contribution in [-0.2, 0) is 51.6 Å². The molecule has 3 heterocycles. The lowest BCUT2D eigenvalue weighted by molar-refractivity contribution is -0.361. The van der Waals surface area contributed by atoms with Crippen LogP contribution >= 0.6 is 0 Å². The molecule has 1 amide bonds. The van der Waals surface area contributed by atoms with Crippen molar-refractivity contribution in [2.75, 3.05) is 6.61 Å². The zero-order chi connectivity index (χ0) is 57.2. The summed E-state index contributed by atoms with van der Waals surface area (Å²) in [4.78, 5) is 58.7. The molecule has 0 unspecified atom stereocenters. The van der Waals surface area contributed by atoms with Crippen LogP contribution < -0.4 is 5.32 Å². The molecule has 1 aromatic heterocycles. The minimum Gasteiger partial charge on any atom is -0.467 e. The molecule has 4 fully saturated rings. The summed E-state index contributed by atoms with van der Waals surface area (Å²) in [6.45, 7) is 37.0. The monoisotopic (exact) mass is 1110 g/mol. The Morgan fingerprint density at radius 3 is 1.97 bits per heavy atom. The fraction of sp³-hybridized carbons (Fsp3) is 0.729. The highest BCUT2D eigenvalue weighted by Gasteiger charge is 2.80. The SMILES string of the molecule is CC[Si](CC)(CC)O[C@H]1C[C@H]2OC[C@@]2(OC(C)=O)[C@H]2[C@H](OC(=O)c3ccccc3)[C@]3(O)C[C@H](OC(=O)[C@H](O[Si](C(C)C)(C(C)C)C(C)C)[C@@H](NC(=O)OC(C)(C)C)c4ccco4)C(C)=C([C@H]4OC(C)(C)O[C@H]4[C@]12C)C3(C)C. The minimum absolute atomic E-state index is 0.00984. The number of benzene rings is 1. The van der Waals surface area contributed by atoms with Crippen molar-refractivity contribution >= 4 is 40.6 Å². The van der Waals surface area contributed by atoms with Crippen LogP contribution in [0.5, 0.6) is 0 Å². The molecular formula is C59H91NO15Si2. The van der Waals surface area contributed by atoms with Crippen molar-refractivity contribution in [3.8, 4) is 0 Å². The van der Waals surface area contributed by atoms with Crippen molar-refractivity contribution in [3.63, 3.8) is 0 Å².